The first-order valence-electron chi connectivity index (χ1n) is 9.22. The SMILES string of the molecule is COc1ccc(-c2c(C(=O)O)n(CCN(C)C)c3cc(OC)c(OC)cc23)cc1. The van der Waals surface area contributed by atoms with Crippen LogP contribution in [0.2, 0.25) is 0 Å². The van der Waals surface area contributed by atoms with E-state index in [0.29, 0.717) is 35.9 Å². The molecule has 0 fully saturated rings. The van der Waals surface area contributed by atoms with Crippen LogP contribution in [0.15, 0.2) is 36.4 Å². The molecule has 0 aliphatic heterocycles. The zero-order valence-electron chi connectivity index (χ0n) is 17.4. The van der Waals surface area contributed by atoms with Gasteiger partial charge in [-0.15, -0.1) is 0 Å². The van der Waals surface area contributed by atoms with Gasteiger partial charge in [0.2, 0.25) is 0 Å². The van der Waals surface area contributed by atoms with Gasteiger partial charge in [-0.05, 0) is 37.9 Å². The van der Waals surface area contributed by atoms with Gasteiger partial charge in [-0.3, -0.25) is 0 Å². The molecule has 1 aromatic heterocycles. The van der Waals surface area contributed by atoms with Gasteiger partial charge in [0.15, 0.2) is 11.5 Å². The number of methoxy groups -OCH3 is 3. The second-order valence-corrected chi connectivity index (χ2v) is 6.94. The molecule has 0 aliphatic rings. The fourth-order valence-corrected chi connectivity index (χ4v) is 3.48. The highest BCUT2D eigenvalue weighted by Gasteiger charge is 2.25. The second-order valence-electron chi connectivity index (χ2n) is 6.94. The Bertz CT molecular complexity index is 1020. The molecule has 0 radical (unpaired) electrons. The third kappa shape index (κ3) is 3.86. The summed E-state index contributed by atoms with van der Waals surface area (Å²) in [6, 6.07) is 11.1. The predicted molar refractivity (Wildman–Crippen MR) is 113 cm³/mol. The van der Waals surface area contributed by atoms with Gasteiger partial charge < -0.3 is 28.8 Å². The molecule has 0 atom stereocenters. The van der Waals surface area contributed by atoms with E-state index < -0.39 is 5.97 Å². The first kappa shape index (κ1) is 20.5. The van der Waals surface area contributed by atoms with Gasteiger partial charge in [0.25, 0.3) is 0 Å². The summed E-state index contributed by atoms with van der Waals surface area (Å²) in [5, 5.41) is 10.9. The minimum absolute atomic E-state index is 0.238. The highest BCUT2D eigenvalue weighted by molar-refractivity contribution is 6.09. The van der Waals surface area contributed by atoms with Crippen molar-refractivity contribution in [1.82, 2.24) is 9.47 Å². The topological polar surface area (TPSA) is 73.2 Å². The Labute approximate surface area is 170 Å². The van der Waals surface area contributed by atoms with Crippen LogP contribution in [0, 0.1) is 0 Å². The van der Waals surface area contributed by atoms with Crippen molar-refractivity contribution >= 4 is 16.9 Å². The van der Waals surface area contributed by atoms with Crippen molar-refractivity contribution in [2.75, 3.05) is 42.0 Å². The minimum Gasteiger partial charge on any atom is -0.497 e. The summed E-state index contributed by atoms with van der Waals surface area (Å²) in [6.45, 7) is 1.22. The van der Waals surface area contributed by atoms with Gasteiger partial charge in [-0.2, -0.15) is 0 Å². The van der Waals surface area contributed by atoms with Crippen LogP contribution in [0.5, 0.6) is 17.2 Å². The molecule has 3 rings (SSSR count). The molecule has 29 heavy (non-hydrogen) atoms. The van der Waals surface area contributed by atoms with E-state index in [4.69, 9.17) is 14.2 Å². The fourth-order valence-electron chi connectivity index (χ4n) is 3.48. The molecule has 0 bridgehead atoms. The van der Waals surface area contributed by atoms with Crippen molar-refractivity contribution in [3.8, 4) is 28.4 Å². The van der Waals surface area contributed by atoms with Gasteiger partial charge in [0.1, 0.15) is 11.4 Å². The molecule has 0 spiro atoms. The van der Waals surface area contributed by atoms with Crippen molar-refractivity contribution in [2.24, 2.45) is 0 Å². The molecule has 0 aliphatic carbocycles. The number of hydrogen-bond acceptors (Lipinski definition) is 5. The number of nitrogens with zero attached hydrogens (tertiary/aromatic N) is 2. The standard InChI is InChI=1S/C22H26N2O5/c1-23(2)10-11-24-17-13-19(29-5)18(28-4)12-16(17)20(21(24)22(25)26)14-6-8-15(27-3)9-7-14/h6-9,12-13H,10-11H2,1-5H3,(H,25,26). The average Bonchev–Trinajstić information content (AvgIpc) is 3.04. The van der Waals surface area contributed by atoms with Crippen LogP contribution in [0.4, 0.5) is 0 Å². The number of hydrogen-bond donors (Lipinski definition) is 1. The molecular formula is C22H26N2O5. The molecule has 0 amide bonds. The van der Waals surface area contributed by atoms with E-state index in [1.165, 1.54) is 0 Å². The number of likely N-dealkylation sites (N-methyl/N-ethyl adjacent to an activating group) is 1. The van der Waals surface area contributed by atoms with Crippen molar-refractivity contribution in [3.63, 3.8) is 0 Å². The molecule has 0 saturated carbocycles. The molecule has 7 nitrogen and oxygen atoms in total. The minimum atomic E-state index is -0.983. The molecular weight excluding hydrogens is 372 g/mol. The maximum Gasteiger partial charge on any atom is 0.353 e. The lowest BCUT2D eigenvalue weighted by Gasteiger charge is -2.14. The van der Waals surface area contributed by atoms with Crippen LogP contribution in [-0.4, -0.2) is 62.5 Å². The van der Waals surface area contributed by atoms with E-state index in [9.17, 15) is 9.90 Å². The Morgan fingerprint density at radius 3 is 2.14 bits per heavy atom. The maximum absolute atomic E-state index is 12.3. The largest absolute Gasteiger partial charge is 0.497 e. The third-order valence-electron chi connectivity index (χ3n) is 4.92. The highest BCUT2D eigenvalue weighted by Crippen LogP contribution is 2.41. The Kier molecular flexibility index (Phi) is 5.98. The van der Waals surface area contributed by atoms with Gasteiger partial charge >= 0.3 is 5.97 Å². The second kappa shape index (κ2) is 8.45. The normalized spacial score (nSPS) is 11.1. The zero-order chi connectivity index (χ0) is 21.1. The number of carbonyl (C=O) groups is 1. The number of aromatic carboxylic acids is 1. The van der Waals surface area contributed by atoms with Crippen molar-refractivity contribution in [2.45, 2.75) is 6.54 Å². The van der Waals surface area contributed by atoms with Crippen LogP contribution in [0.25, 0.3) is 22.0 Å². The van der Waals surface area contributed by atoms with Crippen molar-refractivity contribution < 1.29 is 24.1 Å². The first-order chi connectivity index (χ1) is 13.9. The molecule has 7 heteroatoms. The number of fused-ring (bicyclic) bond motifs is 1. The fraction of sp³-hybridized carbons (Fsp3) is 0.318. The Morgan fingerprint density at radius 1 is 1.00 bits per heavy atom. The number of carboxylic acids is 1. The van der Waals surface area contributed by atoms with E-state index in [-0.39, 0.29) is 5.69 Å². The molecule has 2 aromatic carbocycles. The quantitative estimate of drug-likeness (QED) is 0.625. The van der Waals surface area contributed by atoms with Crippen LogP contribution >= 0.6 is 0 Å². The van der Waals surface area contributed by atoms with Crippen molar-refractivity contribution in [1.29, 1.82) is 0 Å². The summed E-state index contributed by atoms with van der Waals surface area (Å²) in [4.78, 5) is 14.4. The smallest absolute Gasteiger partial charge is 0.353 e. The zero-order valence-corrected chi connectivity index (χ0v) is 17.4. The third-order valence-corrected chi connectivity index (χ3v) is 4.92. The molecule has 154 valence electrons. The van der Waals surface area contributed by atoms with E-state index >= 15 is 0 Å². The summed E-state index contributed by atoms with van der Waals surface area (Å²) in [5.41, 5.74) is 2.47. The van der Waals surface area contributed by atoms with Crippen LogP contribution in [-0.2, 0) is 6.54 Å². The molecule has 1 heterocycles. The molecule has 0 unspecified atom stereocenters. The van der Waals surface area contributed by atoms with Crippen LogP contribution in [0.3, 0.4) is 0 Å². The number of rotatable bonds is 8. The van der Waals surface area contributed by atoms with E-state index in [0.717, 1.165) is 16.5 Å². The summed E-state index contributed by atoms with van der Waals surface area (Å²) in [6.07, 6.45) is 0. The predicted octanol–water partition coefficient (Wildman–Crippen LogP) is 3.59. The summed E-state index contributed by atoms with van der Waals surface area (Å²) in [5.74, 6) is 0.836. The van der Waals surface area contributed by atoms with Gasteiger partial charge in [0, 0.05) is 30.1 Å². The lowest BCUT2D eigenvalue weighted by molar-refractivity contribution is 0.0686. The summed E-state index contributed by atoms with van der Waals surface area (Å²) >= 11 is 0. The highest BCUT2D eigenvalue weighted by atomic mass is 16.5. The lowest BCUT2D eigenvalue weighted by Crippen LogP contribution is -2.20. The first-order valence-corrected chi connectivity index (χ1v) is 9.22. The summed E-state index contributed by atoms with van der Waals surface area (Å²) < 4.78 is 18.0. The van der Waals surface area contributed by atoms with Crippen molar-refractivity contribution in [3.05, 3.63) is 42.1 Å². The van der Waals surface area contributed by atoms with E-state index in [1.54, 1.807) is 21.3 Å². The van der Waals surface area contributed by atoms with E-state index in [1.807, 2.05) is 60.0 Å². The Balaban J connectivity index is 2.36. The summed E-state index contributed by atoms with van der Waals surface area (Å²) in [7, 11) is 8.65. The van der Waals surface area contributed by atoms with Gasteiger partial charge in [-0.1, -0.05) is 12.1 Å². The lowest BCUT2D eigenvalue weighted by atomic mass is 10.0. The Hall–Kier alpha value is -3.19. The average molecular weight is 398 g/mol. The number of ether oxygens (including phenoxy) is 3. The number of benzene rings is 2. The van der Waals surface area contributed by atoms with Crippen LogP contribution in [0.1, 0.15) is 10.5 Å². The van der Waals surface area contributed by atoms with Gasteiger partial charge in [-0.25, -0.2) is 4.79 Å². The molecule has 0 saturated heterocycles. The maximum atomic E-state index is 12.3. The number of aromatic nitrogens is 1. The molecule has 1 N–H and O–H groups in total. The Morgan fingerprint density at radius 2 is 1.62 bits per heavy atom. The van der Waals surface area contributed by atoms with Gasteiger partial charge in [0.05, 0.1) is 26.8 Å². The molecule has 3 aromatic rings. The monoisotopic (exact) mass is 398 g/mol. The number of carboxylic acid groups (broad SMARTS) is 1. The van der Waals surface area contributed by atoms with Crippen LogP contribution < -0.4 is 14.2 Å². The van der Waals surface area contributed by atoms with E-state index in [2.05, 4.69) is 0 Å².